The van der Waals surface area contributed by atoms with E-state index in [0.717, 1.165) is 22.3 Å². The van der Waals surface area contributed by atoms with Crippen LogP contribution in [-0.2, 0) is 16.0 Å². The number of aromatic nitrogens is 3. The topological polar surface area (TPSA) is 94.2 Å². The Morgan fingerprint density at radius 1 is 1.17 bits per heavy atom. The second-order valence-electron chi connectivity index (χ2n) is 7.19. The largest absolute Gasteiger partial charge is 0.361 e. The molecule has 3 heterocycles. The molecule has 4 rings (SSSR count). The van der Waals surface area contributed by atoms with Crippen LogP contribution in [0.2, 0.25) is 0 Å². The summed E-state index contributed by atoms with van der Waals surface area (Å²) in [6, 6.07) is 7.38. The molecule has 2 N–H and O–H groups in total. The first-order valence-corrected chi connectivity index (χ1v) is 9.73. The van der Waals surface area contributed by atoms with E-state index in [4.69, 9.17) is 0 Å². The fourth-order valence-electron chi connectivity index (χ4n) is 3.80. The van der Waals surface area contributed by atoms with Gasteiger partial charge in [-0.05, 0) is 11.6 Å². The number of nitrogens with zero attached hydrogens (tertiary/aromatic N) is 4. The predicted octanol–water partition coefficient (Wildman–Crippen LogP) is 1.35. The lowest BCUT2D eigenvalue weighted by Crippen LogP contribution is -2.55. The number of rotatable bonds is 5. The Labute approximate surface area is 168 Å². The molecule has 0 saturated carbocycles. The van der Waals surface area contributed by atoms with Crippen molar-refractivity contribution < 1.29 is 9.59 Å². The van der Waals surface area contributed by atoms with Gasteiger partial charge in [0.15, 0.2) is 0 Å². The van der Waals surface area contributed by atoms with E-state index in [-0.39, 0.29) is 11.8 Å². The van der Waals surface area contributed by atoms with Crippen molar-refractivity contribution in [1.29, 1.82) is 0 Å². The summed E-state index contributed by atoms with van der Waals surface area (Å²) in [5.41, 5.74) is 2.04. The minimum atomic E-state index is -0.588. The van der Waals surface area contributed by atoms with E-state index in [1.807, 2.05) is 35.4 Å². The Bertz CT molecular complexity index is 995. The van der Waals surface area contributed by atoms with Crippen molar-refractivity contribution in [3.05, 3.63) is 54.6 Å². The van der Waals surface area contributed by atoms with Gasteiger partial charge < -0.3 is 20.1 Å². The fourth-order valence-corrected chi connectivity index (χ4v) is 3.80. The van der Waals surface area contributed by atoms with Crippen LogP contribution in [-0.4, -0.2) is 63.9 Å². The highest BCUT2D eigenvalue weighted by atomic mass is 16.2. The second kappa shape index (κ2) is 8.30. The molecule has 8 nitrogen and oxygen atoms in total. The molecule has 0 bridgehead atoms. The molecule has 29 heavy (non-hydrogen) atoms. The molecular weight excluding hydrogens is 368 g/mol. The molecule has 0 spiro atoms. The number of nitrogens with one attached hydrogen (secondary N) is 2. The van der Waals surface area contributed by atoms with Crippen molar-refractivity contribution in [3.63, 3.8) is 0 Å². The molecule has 0 radical (unpaired) electrons. The maximum atomic E-state index is 13.2. The van der Waals surface area contributed by atoms with Crippen LogP contribution in [0.5, 0.6) is 0 Å². The Balaban J connectivity index is 1.46. The number of anilines is 1. The van der Waals surface area contributed by atoms with Crippen LogP contribution in [0.4, 0.5) is 5.82 Å². The quantitative estimate of drug-likeness (QED) is 0.684. The van der Waals surface area contributed by atoms with Gasteiger partial charge in [-0.25, -0.2) is 4.98 Å². The van der Waals surface area contributed by atoms with Crippen LogP contribution in [0.25, 0.3) is 10.9 Å². The summed E-state index contributed by atoms with van der Waals surface area (Å²) in [5, 5.41) is 3.92. The van der Waals surface area contributed by atoms with Gasteiger partial charge >= 0.3 is 0 Å². The fraction of sp³-hybridized carbons (Fsp3) is 0.333. The Morgan fingerprint density at radius 2 is 1.97 bits per heavy atom. The Morgan fingerprint density at radius 3 is 2.69 bits per heavy atom. The van der Waals surface area contributed by atoms with E-state index in [0.29, 0.717) is 32.6 Å². The summed E-state index contributed by atoms with van der Waals surface area (Å²) < 4.78 is 0. The SMILES string of the molecule is CC(=O)N[C@H](Cc1c[nH]c2ccccc12)C(=O)N1CCN(c2cnccn2)CC1. The van der Waals surface area contributed by atoms with Crippen molar-refractivity contribution >= 4 is 28.5 Å². The minimum Gasteiger partial charge on any atom is -0.361 e. The van der Waals surface area contributed by atoms with Gasteiger partial charge in [-0.1, -0.05) is 18.2 Å². The van der Waals surface area contributed by atoms with Crippen LogP contribution in [0, 0.1) is 0 Å². The molecule has 1 aromatic carbocycles. The zero-order valence-corrected chi connectivity index (χ0v) is 16.3. The molecule has 1 aliphatic heterocycles. The maximum absolute atomic E-state index is 13.2. The summed E-state index contributed by atoms with van der Waals surface area (Å²) in [4.78, 5) is 40.6. The van der Waals surface area contributed by atoms with Crippen LogP contribution in [0.15, 0.2) is 49.1 Å². The first-order chi connectivity index (χ1) is 14.1. The number of para-hydroxylation sites is 1. The van der Waals surface area contributed by atoms with E-state index in [2.05, 4.69) is 25.2 Å². The molecular formula is C21H24N6O2. The van der Waals surface area contributed by atoms with Gasteiger partial charge in [0.2, 0.25) is 11.8 Å². The predicted molar refractivity (Wildman–Crippen MR) is 110 cm³/mol. The van der Waals surface area contributed by atoms with Gasteiger partial charge in [0.25, 0.3) is 0 Å². The van der Waals surface area contributed by atoms with E-state index in [9.17, 15) is 9.59 Å². The summed E-state index contributed by atoms with van der Waals surface area (Å²) in [5.74, 6) is 0.558. The maximum Gasteiger partial charge on any atom is 0.245 e. The summed E-state index contributed by atoms with van der Waals surface area (Å²) in [6.07, 6.45) is 7.41. The molecule has 3 aromatic rings. The van der Waals surface area contributed by atoms with Gasteiger partial charge in [0.1, 0.15) is 11.9 Å². The van der Waals surface area contributed by atoms with Crippen LogP contribution < -0.4 is 10.2 Å². The number of fused-ring (bicyclic) bond motifs is 1. The third-order valence-electron chi connectivity index (χ3n) is 5.24. The van der Waals surface area contributed by atoms with E-state index < -0.39 is 6.04 Å². The lowest BCUT2D eigenvalue weighted by atomic mass is 10.0. The molecule has 1 atom stereocenters. The number of H-pyrrole nitrogens is 1. The number of carbonyl (C=O) groups excluding carboxylic acids is 2. The van der Waals surface area contributed by atoms with Crippen molar-refractivity contribution in [2.75, 3.05) is 31.1 Å². The van der Waals surface area contributed by atoms with Crippen molar-refractivity contribution in [2.45, 2.75) is 19.4 Å². The summed E-state index contributed by atoms with van der Waals surface area (Å²) in [7, 11) is 0. The third-order valence-corrected chi connectivity index (χ3v) is 5.24. The molecule has 8 heteroatoms. The smallest absolute Gasteiger partial charge is 0.245 e. The molecule has 1 saturated heterocycles. The average Bonchev–Trinajstić information content (AvgIpc) is 3.16. The average molecular weight is 392 g/mol. The lowest BCUT2D eigenvalue weighted by molar-refractivity contribution is -0.136. The number of benzene rings is 1. The highest BCUT2D eigenvalue weighted by Gasteiger charge is 2.29. The number of amides is 2. The summed E-state index contributed by atoms with van der Waals surface area (Å²) >= 11 is 0. The molecule has 0 unspecified atom stereocenters. The standard InChI is InChI=1S/C21H24N6O2/c1-15(28)25-19(12-16-13-24-18-5-3-2-4-17(16)18)21(29)27-10-8-26(9-11-27)20-14-22-6-7-23-20/h2-7,13-14,19,24H,8-12H2,1H3,(H,25,28)/t19-/m1/s1. The van der Waals surface area contributed by atoms with E-state index >= 15 is 0 Å². The Kier molecular flexibility index (Phi) is 5.41. The van der Waals surface area contributed by atoms with Gasteiger partial charge in [-0.2, -0.15) is 0 Å². The van der Waals surface area contributed by atoms with Gasteiger partial charge in [-0.3, -0.25) is 14.6 Å². The number of hydrogen-bond acceptors (Lipinski definition) is 5. The number of hydrogen-bond donors (Lipinski definition) is 2. The van der Waals surface area contributed by atoms with Gasteiger partial charge in [0, 0.05) is 69.0 Å². The molecule has 1 fully saturated rings. The van der Waals surface area contributed by atoms with Gasteiger partial charge in [-0.15, -0.1) is 0 Å². The van der Waals surface area contributed by atoms with Crippen molar-refractivity contribution in [3.8, 4) is 0 Å². The van der Waals surface area contributed by atoms with Gasteiger partial charge in [0.05, 0.1) is 6.20 Å². The monoisotopic (exact) mass is 392 g/mol. The first kappa shape index (κ1) is 18.9. The zero-order chi connectivity index (χ0) is 20.2. The highest BCUT2D eigenvalue weighted by Crippen LogP contribution is 2.20. The lowest BCUT2D eigenvalue weighted by Gasteiger charge is -2.36. The first-order valence-electron chi connectivity index (χ1n) is 9.73. The minimum absolute atomic E-state index is 0.0516. The molecule has 2 aromatic heterocycles. The normalized spacial score (nSPS) is 15.3. The zero-order valence-electron chi connectivity index (χ0n) is 16.3. The third kappa shape index (κ3) is 4.21. The number of carbonyl (C=O) groups is 2. The second-order valence-corrected chi connectivity index (χ2v) is 7.19. The molecule has 1 aliphatic rings. The Hall–Kier alpha value is -3.42. The van der Waals surface area contributed by atoms with Crippen LogP contribution >= 0.6 is 0 Å². The van der Waals surface area contributed by atoms with E-state index in [1.54, 1.807) is 18.6 Å². The highest BCUT2D eigenvalue weighted by molar-refractivity contribution is 5.89. The van der Waals surface area contributed by atoms with Crippen LogP contribution in [0.3, 0.4) is 0 Å². The number of aromatic amines is 1. The number of piperazine rings is 1. The van der Waals surface area contributed by atoms with Crippen molar-refractivity contribution in [2.24, 2.45) is 0 Å². The van der Waals surface area contributed by atoms with Crippen molar-refractivity contribution in [1.82, 2.24) is 25.2 Å². The summed E-state index contributed by atoms with van der Waals surface area (Å²) in [6.45, 7) is 3.98. The molecule has 0 aliphatic carbocycles. The molecule has 150 valence electrons. The molecule has 2 amide bonds. The van der Waals surface area contributed by atoms with E-state index in [1.165, 1.54) is 6.92 Å². The van der Waals surface area contributed by atoms with Crippen LogP contribution in [0.1, 0.15) is 12.5 Å².